The summed E-state index contributed by atoms with van der Waals surface area (Å²) in [5.41, 5.74) is 5.50. The smallest absolute Gasteiger partial charge is 0.278 e. The molecule has 34 heavy (non-hydrogen) atoms. The lowest BCUT2D eigenvalue weighted by atomic mass is 9.95. The first-order valence-electron chi connectivity index (χ1n) is 10.6. The monoisotopic (exact) mass is 455 g/mol. The molecule has 3 aromatic carbocycles. The molecule has 0 fully saturated rings. The predicted octanol–water partition coefficient (Wildman–Crippen LogP) is 3.74. The number of carbonyl (C=O) groups excluding carboxylic acids is 1. The van der Waals surface area contributed by atoms with E-state index in [1.165, 1.54) is 41.2 Å². The van der Waals surface area contributed by atoms with Crippen LogP contribution >= 0.6 is 0 Å². The Kier molecular flexibility index (Phi) is 5.39. The van der Waals surface area contributed by atoms with E-state index in [9.17, 15) is 19.8 Å². The molecule has 1 aromatic heterocycles. The zero-order valence-corrected chi connectivity index (χ0v) is 17.9. The summed E-state index contributed by atoms with van der Waals surface area (Å²) in [6.45, 7) is 0.384. The summed E-state index contributed by atoms with van der Waals surface area (Å²) in [4.78, 5) is 25.3. The molecular formula is C26H21N3O5. The molecule has 8 heteroatoms. The number of aromatic hydroxyl groups is 2. The Morgan fingerprint density at radius 2 is 1.62 bits per heavy atom. The van der Waals surface area contributed by atoms with Gasteiger partial charge < -0.3 is 25.7 Å². The van der Waals surface area contributed by atoms with Crippen LogP contribution in [0.4, 0.5) is 5.69 Å². The molecule has 1 unspecified atom stereocenters. The van der Waals surface area contributed by atoms with Crippen LogP contribution in [-0.4, -0.2) is 20.8 Å². The van der Waals surface area contributed by atoms with E-state index < -0.39 is 23.1 Å². The van der Waals surface area contributed by atoms with E-state index in [1.54, 1.807) is 0 Å². The second kappa shape index (κ2) is 8.67. The number of para-hydroxylation sites is 1. The number of benzene rings is 3. The van der Waals surface area contributed by atoms with E-state index in [1.807, 2.05) is 48.5 Å². The fourth-order valence-electron chi connectivity index (χ4n) is 3.99. The Labute approximate surface area is 194 Å². The number of pyridine rings is 1. The van der Waals surface area contributed by atoms with Gasteiger partial charge in [0, 0.05) is 23.5 Å². The van der Waals surface area contributed by atoms with E-state index in [0.29, 0.717) is 18.0 Å². The first kappa shape index (κ1) is 21.1. The number of phenols is 1. The maximum Gasteiger partial charge on any atom is 0.278 e. The molecule has 2 heterocycles. The number of carbonyl (C=O) groups is 1. The first-order chi connectivity index (χ1) is 16.5. The van der Waals surface area contributed by atoms with Gasteiger partial charge in [-0.3, -0.25) is 14.3 Å². The zero-order chi connectivity index (χ0) is 23.7. The summed E-state index contributed by atoms with van der Waals surface area (Å²) in [6.07, 6.45) is 1.41. The molecule has 0 bridgehead atoms. The number of hydrogen-bond donors (Lipinski definition) is 4. The minimum atomic E-state index is -0.695. The molecule has 5 rings (SSSR count). The maximum atomic E-state index is 13.1. The van der Waals surface area contributed by atoms with Crippen molar-refractivity contribution in [3.8, 4) is 17.2 Å². The van der Waals surface area contributed by atoms with Gasteiger partial charge in [-0.2, -0.15) is 0 Å². The van der Waals surface area contributed by atoms with Gasteiger partial charge in [-0.15, -0.1) is 0 Å². The van der Waals surface area contributed by atoms with E-state index in [-0.39, 0.29) is 11.4 Å². The van der Waals surface area contributed by atoms with Crippen molar-refractivity contribution < 1.29 is 19.7 Å². The van der Waals surface area contributed by atoms with Crippen molar-refractivity contribution in [2.75, 3.05) is 10.7 Å². The molecule has 1 atom stereocenters. The Bertz CT molecular complexity index is 1380. The van der Waals surface area contributed by atoms with Crippen LogP contribution in [0.25, 0.3) is 0 Å². The minimum absolute atomic E-state index is 0.0482. The summed E-state index contributed by atoms with van der Waals surface area (Å²) >= 11 is 0. The van der Waals surface area contributed by atoms with Crippen LogP contribution in [0.15, 0.2) is 89.9 Å². The molecule has 0 saturated heterocycles. The van der Waals surface area contributed by atoms with Crippen LogP contribution in [0.2, 0.25) is 0 Å². The van der Waals surface area contributed by atoms with E-state index >= 15 is 0 Å². The molecule has 4 aromatic rings. The zero-order valence-electron chi connectivity index (χ0n) is 17.9. The lowest BCUT2D eigenvalue weighted by Gasteiger charge is -2.25. The average molecular weight is 455 g/mol. The average Bonchev–Trinajstić information content (AvgIpc) is 3.00. The Hall–Kier alpha value is -4.72. The predicted molar refractivity (Wildman–Crippen MR) is 127 cm³/mol. The molecule has 170 valence electrons. The third-order valence-corrected chi connectivity index (χ3v) is 5.66. The van der Waals surface area contributed by atoms with Gasteiger partial charge in [0.1, 0.15) is 18.1 Å². The van der Waals surface area contributed by atoms with Crippen LogP contribution in [0, 0.1) is 0 Å². The second-order valence-corrected chi connectivity index (χ2v) is 7.84. The van der Waals surface area contributed by atoms with Crippen LogP contribution in [0.3, 0.4) is 0 Å². The molecule has 1 aliphatic rings. The normalized spacial score (nSPS) is 14.2. The lowest BCUT2D eigenvalue weighted by molar-refractivity contribution is 0.101. The van der Waals surface area contributed by atoms with Crippen LogP contribution in [0.1, 0.15) is 33.2 Å². The number of ether oxygens (including phenoxy) is 1. The highest BCUT2D eigenvalue weighted by Crippen LogP contribution is 2.36. The van der Waals surface area contributed by atoms with Gasteiger partial charge in [-0.25, -0.2) is 0 Å². The van der Waals surface area contributed by atoms with Gasteiger partial charge in [-0.05, 0) is 41.5 Å². The number of nitrogens with zero attached hydrogens (tertiary/aromatic N) is 1. The highest BCUT2D eigenvalue weighted by atomic mass is 16.5. The summed E-state index contributed by atoms with van der Waals surface area (Å²) in [5.74, 6) is -0.638. The van der Waals surface area contributed by atoms with Gasteiger partial charge in [0.25, 0.3) is 5.91 Å². The number of nitrogens with one attached hydrogen (secondary N) is 2. The summed E-state index contributed by atoms with van der Waals surface area (Å²) < 4.78 is 7.35. The molecule has 1 amide bonds. The van der Waals surface area contributed by atoms with Crippen molar-refractivity contribution >= 4 is 11.6 Å². The standard InChI is InChI=1S/C26H21N3O5/c30-18-11-9-17(10-12-18)27-26(33)24-25(32)21(31)13-14-29(24)28-23-19-6-2-1-5-16(19)15-34-22-8-4-3-7-20(22)23/h1-14,23,28,30,32H,15H2,(H,27,33). The van der Waals surface area contributed by atoms with Gasteiger partial charge >= 0.3 is 0 Å². The van der Waals surface area contributed by atoms with Crippen LogP contribution in [0.5, 0.6) is 17.2 Å². The number of amides is 1. The van der Waals surface area contributed by atoms with Gasteiger partial charge in [0.05, 0.1) is 6.04 Å². The topological polar surface area (TPSA) is 113 Å². The highest BCUT2D eigenvalue weighted by molar-refractivity contribution is 6.05. The molecule has 0 saturated carbocycles. The van der Waals surface area contributed by atoms with Crippen molar-refractivity contribution in [2.24, 2.45) is 0 Å². The second-order valence-electron chi connectivity index (χ2n) is 7.84. The minimum Gasteiger partial charge on any atom is -0.508 e. The molecule has 0 radical (unpaired) electrons. The molecule has 4 N–H and O–H groups in total. The Morgan fingerprint density at radius 3 is 2.41 bits per heavy atom. The molecule has 0 aliphatic carbocycles. The fraction of sp³-hybridized carbons (Fsp3) is 0.0769. The van der Waals surface area contributed by atoms with Crippen molar-refractivity contribution in [1.29, 1.82) is 0 Å². The third-order valence-electron chi connectivity index (χ3n) is 5.66. The fourth-order valence-corrected chi connectivity index (χ4v) is 3.99. The Morgan fingerprint density at radius 1 is 0.912 bits per heavy atom. The van der Waals surface area contributed by atoms with Gasteiger partial charge in [0.2, 0.25) is 5.43 Å². The third kappa shape index (κ3) is 3.93. The molecule has 0 spiro atoms. The van der Waals surface area contributed by atoms with Crippen molar-refractivity contribution in [1.82, 2.24) is 4.68 Å². The van der Waals surface area contributed by atoms with Crippen molar-refractivity contribution in [3.63, 3.8) is 0 Å². The number of rotatable bonds is 4. The molecule has 1 aliphatic heterocycles. The number of anilines is 1. The number of fused-ring (bicyclic) bond motifs is 2. The van der Waals surface area contributed by atoms with Crippen molar-refractivity contribution in [2.45, 2.75) is 12.6 Å². The number of aromatic nitrogens is 1. The first-order valence-corrected chi connectivity index (χ1v) is 10.6. The number of hydrogen-bond acceptors (Lipinski definition) is 6. The van der Waals surface area contributed by atoms with Crippen molar-refractivity contribution in [3.05, 3.63) is 118 Å². The van der Waals surface area contributed by atoms with E-state index in [4.69, 9.17) is 4.74 Å². The summed E-state index contributed by atoms with van der Waals surface area (Å²) in [6, 6.07) is 22.0. The molecular weight excluding hydrogens is 434 g/mol. The molecule has 8 nitrogen and oxygen atoms in total. The maximum absolute atomic E-state index is 13.1. The van der Waals surface area contributed by atoms with E-state index in [2.05, 4.69) is 10.7 Å². The van der Waals surface area contributed by atoms with Crippen LogP contribution < -0.4 is 20.9 Å². The van der Waals surface area contributed by atoms with Gasteiger partial charge in [0.15, 0.2) is 11.4 Å². The van der Waals surface area contributed by atoms with Gasteiger partial charge in [-0.1, -0.05) is 42.5 Å². The summed E-state index contributed by atoms with van der Waals surface area (Å²) in [7, 11) is 0. The van der Waals surface area contributed by atoms with Crippen LogP contribution in [-0.2, 0) is 6.61 Å². The lowest BCUT2D eigenvalue weighted by Crippen LogP contribution is -2.30. The largest absolute Gasteiger partial charge is 0.508 e. The Balaban J connectivity index is 1.58. The quantitative estimate of drug-likeness (QED) is 0.349. The summed E-state index contributed by atoms with van der Waals surface area (Å²) in [5, 5.41) is 22.7. The SMILES string of the molecule is O=C(Nc1ccc(O)cc1)c1c(O)c(=O)ccn1NC1c2ccccc2COc2ccccc21. The number of phenolic OH excluding ortho intramolecular Hbond substituents is 1. The highest BCUT2D eigenvalue weighted by Gasteiger charge is 2.27. The van der Waals surface area contributed by atoms with E-state index in [0.717, 1.165) is 16.7 Å².